The molecule has 0 aliphatic carbocycles. The SMILES string of the molecule is Cc1ccc(NC(=O)CC(=O)N[C@H](c2ccccc2)[C@H](N)c2ccccc2)c(Br)c1. The van der Waals surface area contributed by atoms with Crippen molar-refractivity contribution in [2.24, 2.45) is 5.73 Å². The van der Waals surface area contributed by atoms with E-state index in [4.69, 9.17) is 5.73 Å². The third-order valence-corrected chi connectivity index (χ3v) is 5.39. The number of amides is 2. The molecular formula is C24H24BrN3O2. The first-order chi connectivity index (χ1) is 14.4. The van der Waals surface area contributed by atoms with Gasteiger partial charge in [-0.25, -0.2) is 0 Å². The fourth-order valence-corrected chi connectivity index (χ4v) is 3.79. The second-order valence-corrected chi connectivity index (χ2v) is 7.95. The minimum atomic E-state index is -0.458. The van der Waals surface area contributed by atoms with Gasteiger partial charge in [0.15, 0.2) is 0 Å². The van der Waals surface area contributed by atoms with Crippen molar-refractivity contribution in [3.63, 3.8) is 0 Å². The van der Waals surface area contributed by atoms with Crippen LogP contribution < -0.4 is 16.4 Å². The van der Waals surface area contributed by atoms with E-state index in [1.54, 1.807) is 6.07 Å². The van der Waals surface area contributed by atoms with E-state index in [0.29, 0.717) is 5.69 Å². The molecule has 0 aliphatic rings. The van der Waals surface area contributed by atoms with E-state index in [2.05, 4.69) is 26.6 Å². The van der Waals surface area contributed by atoms with E-state index in [1.807, 2.05) is 79.7 Å². The summed E-state index contributed by atoms with van der Waals surface area (Å²) in [5.41, 5.74) is 9.96. The molecule has 3 aromatic rings. The van der Waals surface area contributed by atoms with Gasteiger partial charge in [-0.2, -0.15) is 0 Å². The molecule has 0 unspecified atom stereocenters. The van der Waals surface area contributed by atoms with Gasteiger partial charge in [-0.05, 0) is 51.7 Å². The summed E-state index contributed by atoms with van der Waals surface area (Å²) in [6.07, 6.45) is -0.300. The average Bonchev–Trinajstić information content (AvgIpc) is 2.75. The van der Waals surface area contributed by atoms with Crippen LogP contribution in [0.3, 0.4) is 0 Å². The standard InChI is InChI=1S/C24H24BrN3O2/c1-16-12-13-20(19(25)14-16)27-21(29)15-22(30)28-24(18-10-6-3-7-11-18)23(26)17-8-4-2-5-9-17/h2-14,23-24H,15,26H2,1H3,(H,27,29)(H,28,30)/t23-,24-/m1/s1. The number of carbonyl (C=O) groups is 2. The quantitative estimate of drug-likeness (QED) is 0.444. The molecule has 3 aromatic carbocycles. The lowest BCUT2D eigenvalue weighted by Crippen LogP contribution is -2.37. The van der Waals surface area contributed by atoms with Crippen LogP contribution in [-0.4, -0.2) is 11.8 Å². The molecule has 4 N–H and O–H groups in total. The fourth-order valence-electron chi connectivity index (χ4n) is 3.19. The lowest BCUT2D eigenvalue weighted by Gasteiger charge is -2.26. The number of aryl methyl sites for hydroxylation is 1. The molecule has 3 rings (SSSR count). The van der Waals surface area contributed by atoms with E-state index in [1.165, 1.54) is 0 Å². The Hall–Kier alpha value is -2.96. The largest absolute Gasteiger partial charge is 0.347 e. The number of nitrogens with one attached hydrogen (secondary N) is 2. The minimum Gasteiger partial charge on any atom is -0.347 e. The zero-order valence-corrected chi connectivity index (χ0v) is 18.2. The molecule has 0 saturated heterocycles. The summed E-state index contributed by atoms with van der Waals surface area (Å²) in [5, 5.41) is 5.70. The normalized spacial score (nSPS) is 12.6. The van der Waals surface area contributed by atoms with E-state index in [9.17, 15) is 9.59 Å². The number of nitrogens with two attached hydrogens (primary N) is 1. The second kappa shape index (κ2) is 10.2. The maximum absolute atomic E-state index is 12.7. The summed E-state index contributed by atoms with van der Waals surface area (Å²) >= 11 is 3.43. The van der Waals surface area contributed by atoms with Gasteiger partial charge >= 0.3 is 0 Å². The van der Waals surface area contributed by atoms with Crippen molar-refractivity contribution in [2.75, 3.05) is 5.32 Å². The van der Waals surface area contributed by atoms with Crippen molar-refractivity contribution in [1.82, 2.24) is 5.32 Å². The fraction of sp³-hybridized carbons (Fsp3) is 0.167. The summed E-state index contributed by atoms with van der Waals surface area (Å²) in [6, 6.07) is 23.8. The molecule has 0 spiro atoms. The van der Waals surface area contributed by atoms with Crippen LogP contribution in [0, 0.1) is 6.92 Å². The van der Waals surface area contributed by atoms with E-state index >= 15 is 0 Å². The summed E-state index contributed by atoms with van der Waals surface area (Å²) in [4.78, 5) is 25.1. The number of rotatable bonds is 7. The lowest BCUT2D eigenvalue weighted by molar-refractivity contribution is -0.127. The number of carbonyl (C=O) groups excluding carboxylic acids is 2. The van der Waals surface area contributed by atoms with Gasteiger partial charge in [0.05, 0.1) is 17.8 Å². The molecule has 5 nitrogen and oxygen atoms in total. The molecule has 0 saturated carbocycles. The van der Waals surface area contributed by atoms with Crippen molar-refractivity contribution in [2.45, 2.75) is 25.4 Å². The minimum absolute atomic E-state index is 0.300. The van der Waals surface area contributed by atoms with Crippen molar-refractivity contribution in [3.05, 3.63) is 100 Å². The molecule has 0 bridgehead atoms. The van der Waals surface area contributed by atoms with Gasteiger partial charge in [-0.3, -0.25) is 9.59 Å². The van der Waals surface area contributed by atoms with Crippen LogP contribution in [-0.2, 0) is 9.59 Å². The van der Waals surface area contributed by atoms with Crippen LogP contribution in [0.2, 0.25) is 0 Å². The zero-order chi connectivity index (χ0) is 21.5. The van der Waals surface area contributed by atoms with Gasteiger partial charge in [0.25, 0.3) is 0 Å². The van der Waals surface area contributed by atoms with Gasteiger partial charge in [0.2, 0.25) is 11.8 Å². The van der Waals surface area contributed by atoms with Crippen LogP contribution in [0.15, 0.2) is 83.3 Å². The molecule has 6 heteroatoms. The Morgan fingerprint density at radius 1 is 0.900 bits per heavy atom. The molecule has 0 fully saturated rings. The second-order valence-electron chi connectivity index (χ2n) is 7.10. The van der Waals surface area contributed by atoms with Gasteiger partial charge in [-0.15, -0.1) is 0 Å². The Bertz CT molecular complexity index is 1010. The maximum Gasteiger partial charge on any atom is 0.233 e. The summed E-state index contributed by atoms with van der Waals surface area (Å²) in [5.74, 6) is -0.784. The van der Waals surface area contributed by atoms with Gasteiger partial charge in [0, 0.05) is 4.47 Å². The average molecular weight is 466 g/mol. The van der Waals surface area contributed by atoms with Gasteiger partial charge in [-0.1, -0.05) is 66.7 Å². The molecule has 2 atom stereocenters. The Morgan fingerprint density at radius 2 is 1.50 bits per heavy atom. The topological polar surface area (TPSA) is 84.2 Å². The lowest BCUT2D eigenvalue weighted by atomic mass is 9.94. The van der Waals surface area contributed by atoms with Crippen molar-refractivity contribution >= 4 is 33.4 Å². The van der Waals surface area contributed by atoms with Crippen molar-refractivity contribution < 1.29 is 9.59 Å². The maximum atomic E-state index is 12.7. The van der Waals surface area contributed by atoms with Crippen LogP contribution in [0.1, 0.15) is 35.2 Å². The first kappa shape index (κ1) is 21.7. The number of hydrogen-bond acceptors (Lipinski definition) is 3. The molecule has 2 amide bonds. The molecular weight excluding hydrogens is 442 g/mol. The number of benzene rings is 3. The van der Waals surface area contributed by atoms with Crippen LogP contribution in [0.5, 0.6) is 0 Å². The van der Waals surface area contributed by atoms with Crippen molar-refractivity contribution in [3.8, 4) is 0 Å². The van der Waals surface area contributed by atoms with Crippen molar-refractivity contribution in [1.29, 1.82) is 0 Å². The van der Waals surface area contributed by atoms with Crippen LogP contribution >= 0.6 is 15.9 Å². The van der Waals surface area contributed by atoms with E-state index < -0.39 is 23.9 Å². The Morgan fingerprint density at radius 3 is 2.10 bits per heavy atom. The third kappa shape index (κ3) is 5.78. The van der Waals surface area contributed by atoms with Gasteiger partial charge < -0.3 is 16.4 Å². The number of hydrogen-bond donors (Lipinski definition) is 3. The number of anilines is 1. The third-order valence-electron chi connectivity index (χ3n) is 4.74. The molecule has 0 aliphatic heterocycles. The smallest absolute Gasteiger partial charge is 0.233 e. The Balaban J connectivity index is 1.71. The van der Waals surface area contributed by atoms with E-state index in [-0.39, 0.29) is 6.42 Å². The molecule has 154 valence electrons. The number of halogens is 1. The highest BCUT2D eigenvalue weighted by molar-refractivity contribution is 9.10. The van der Waals surface area contributed by atoms with E-state index in [0.717, 1.165) is 21.2 Å². The Labute approximate surface area is 184 Å². The first-order valence-electron chi connectivity index (χ1n) is 9.65. The zero-order valence-electron chi connectivity index (χ0n) is 16.6. The van der Waals surface area contributed by atoms with Gasteiger partial charge in [0.1, 0.15) is 6.42 Å². The van der Waals surface area contributed by atoms with Crippen LogP contribution in [0.25, 0.3) is 0 Å². The molecule has 0 heterocycles. The molecule has 0 radical (unpaired) electrons. The predicted octanol–water partition coefficient (Wildman–Crippen LogP) is 4.64. The summed E-state index contributed by atoms with van der Waals surface area (Å²) in [6.45, 7) is 1.96. The first-order valence-corrected chi connectivity index (χ1v) is 10.4. The monoisotopic (exact) mass is 465 g/mol. The van der Waals surface area contributed by atoms with Crippen LogP contribution in [0.4, 0.5) is 5.69 Å². The highest BCUT2D eigenvalue weighted by Crippen LogP contribution is 2.27. The highest BCUT2D eigenvalue weighted by atomic mass is 79.9. The summed E-state index contributed by atoms with van der Waals surface area (Å²) in [7, 11) is 0. The highest BCUT2D eigenvalue weighted by Gasteiger charge is 2.24. The Kier molecular flexibility index (Phi) is 7.38. The molecule has 30 heavy (non-hydrogen) atoms. The molecule has 0 aromatic heterocycles. The summed E-state index contributed by atoms with van der Waals surface area (Å²) < 4.78 is 0.768. The predicted molar refractivity (Wildman–Crippen MR) is 123 cm³/mol.